The number of unbranched alkanes of at least 4 members (excludes halogenated alkanes) is 1. The molecule has 1 amide bonds. The average molecular weight is 390 g/mol. The maximum absolute atomic E-state index is 11.8. The molecule has 0 unspecified atom stereocenters. The highest BCUT2D eigenvalue weighted by molar-refractivity contribution is 5.80. The molecule has 0 bridgehead atoms. The molecule has 2 N–H and O–H groups in total. The lowest BCUT2D eigenvalue weighted by molar-refractivity contribution is 0.0963. The summed E-state index contributed by atoms with van der Waals surface area (Å²) < 4.78 is 5.07. The van der Waals surface area contributed by atoms with Crippen LogP contribution in [-0.2, 0) is 4.74 Å². The van der Waals surface area contributed by atoms with Crippen molar-refractivity contribution in [2.24, 2.45) is 4.99 Å². The number of likely N-dealkylation sites (tertiary alicyclic amines) is 1. The van der Waals surface area contributed by atoms with Crippen LogP contribution < -0.4 is 15.5 Å². The lowest BCUT2D eigenvalue weighted by Gasteiger charge is -2.32. The molecule has 1 aromatic rings. The first-order valence-electron chi connectivity index (χ1n) is 10.3. The van der Waals surface area contributed by atoms with Crippen LogP contribution in [0.1, 0.15) is 32.6 Å². The van der Waals surface area contributed by atoms with Gasteiger partial charge in [0.15, 0.2) is 5.96 Å². The molecule has 0 spiro atoms. The molecule has 7 nitrogen and oxygen atoms in total. The normalized spacial score (nSPS) is 15.2. The summed E-state index contributed by atoms with van der Waals surface area (Å²) in [5.41, 5.74) is 1.25. The van der Waals surface area contributed by atoms with Crippen LogP contribution in [-0.4, -0.2) is 69.9 Å². The third kappa shape index (κ3) is 7.29. The number of hydrogen-bond acceptors (Lipinski definition) is 4. The van der Waals surface area contributed by atoms with E-state index in [2.05, 4.69) is 51.8 Å². The molecule has 1 heterocycles. The SMILES string of the molecule is CCOC(=O)N1CCC(NC(=NC)NCCCCN(C)c2ccccc2)CC1. The second-order valence-corrected chi connectivity index (χ2v) is 7.07. The summed E-state index contributed by atoms with van der Waals surface area (Å²) >= 11 is 0. The van der Waals surface area contributed by atoms with Gasteiger partial charge in [0.1, 0.15) is 0 Å². The topological polar surface area (TPSA) is 69.2 Å². The van der Waals surface area contributed by atoms with Crippen LogP contribution >= 0.6 is 0 Å². The molecule has 28 heavy (non-hydrogen) atoms. The Bertz CT molecular complexity index is 600. The number of benzene rings is 1. The number of nitrogens with one attached hydrogen (secondary N) is 2. The first-order chi connectivity index (χ1) is 13.6. The average Bonchev–Trinajstić information content (AvgIpc) is 2.73. The van der Waals surface area contributed by atoms with Gasteiger partial charge in [-0.05, 0) is 44.7 Å². The first-order valence-corrected chi connectivity index (χ1v) is 10.3. The number of carbonyl (C=O) groups excluding carboxylic acids is 1. The highest BCUT2D eigenvalue weighted by Crippen LogP contribution is 2.12. The van der Waals surface area contributed by atoms with E-state index in [4.69, 9.17) is 4.74 Å². The maximum Gasteiger partial charge on any atom is 0.409 e. The summed E-state index contributed by atoms with van der Waals surface area (Å²) in [6, 6.07) is 10.8. The van der Waals surface area contributed by atoms with E-state index < -0.39 is 0 Å². The van der Waals surface area contributed by atoms with E-state index in [0.717, 1.165) is 57.8 Å². The van der Waals surface area contributed by atoms with Gasteiger partial charge < -0.3 is 25.2 Å². The summed E-state index contributed by atoms with van der Waals surface area (Å²) in [6.07, 6.45) is 3.80. The van der Waals surface area contributed by atoms with Crippen LogP contribution in [0.2, 0.25) is 0 Å². The van der Waals surface area contributed by atoms with Crippen molar-refractivity contribution in [3.05, 3.63) is 30.3 Å². The fourth-order valence-electron chi connectivity index (χ4n) is 3.30. The smallest absolute Gasteiger partial charge is 0.409 e. The van der Waals surface area contributed by atoms with Crippen molar-refractivity contribution >= 4 is 17.7 Å². The highest BCUT2D eigenvalue weighted by atomic mass is 16.6. The molecule has 0 aliphatic carbocycles. The largest absolute Gasteiger partial charge is 0.450 e. The van der Waals surface area contributed by atoms with Gasteiger partial charge >= 0.3 is 6.09 Å². The molecule has 1 aliphatic heterocycles. The summed E-state index contributed by atoms with van der Waals surface area (Å²) in [7, 11) is 3.93. The van der Waals surface area contributed by atoms with Crippen LogP contribution in [0.25, 0.3) is 0 Å². The Hall–Kier alpha value is -2.44. The van der Waals surface area contributed by atoms with Crippen LogP contribution in [0, 0.1) is 0 Å². The Morgan fingerprint density at radius 2 is 1.96 bits per heavy atom. The molecule has 1 saturated heterocycles. The van der Waals surface area contributed by atoms with Crippen LogP contribution in [0.3, 0.4) is 0 Å². The fraction of sp³-hybridized carbons (Fsp3) is 0.619. The number of hydrogen-bond donors (Lipinski definition) is 2. The lowest BCUT2D eigenvalue weighted by atomic mass is 10.1. The first kappa shape index (κ1) is 21.9. The van der Waals surface area contributed by atoms with Crippen LogP contribution in [0.4, 0.5) is 10.5 Å². The number of ether oxygens (including phenoxy) is 1. The molecule has 0 saturated carbocycles. The molecule has 156 valence electrons. The lowest BCUT2D eigenvalue weighted by Crippen LogP contribution is -2.50. The van der Waals surface area contributed by atoms with Gasteiger partial charge in [-0.25, -0.2) is 4.79 Å². The predicted molar refractivity (Wildman–Crippen MR) is 115 cm³/mol. The molecule has 1 aliphatic rings. The number of anilines is 1. The Morgan fingerprint density at radius 3 is 2.61 bits per heavy atom. The summed E-state index contributed by atoms with van der Waals surface area (Å²) in [4.78, 5) is 20.2. The number of para-hydroxylation sites is 1. The number of rotatable bonds is 8. The molecular formula is C21H35N5O2. The van der Waals surface area contributed by atoms with E-state index in [1.165, 1.54) is 5.69 Å². The zero-order valence-electron chi connectivity index (χ0n) is 17.5. The van der Waals surface area contributed by atoms with Crippen molar-refractivity contribution in [3.8, 4) is 0 Å². The molecule has 0 aromatic heterocycles. The van der Waals surface area contributed by atoms with Crippen molar-refractivity contribution in [1.29, 1.82) is 0 Å². The van der Waals surface area contributed by atoms with Gasteiger partial charge in [0.05, 0.1) is 6.61 Å². The van der Waals surface area contributed by atoms with Crippen LogP contribution in [0.15, 0.2) is 35.3 Å². The minimum Gasteiger partial charge on any atom is -0.450 e. The zero-order valence-corrected chi connectivity index (χ0v) is 17.5. The monoisotopic (exact) mass is 389 g/mol. The van der Waals surface area contributed by atoms with E-state index in [-0.39, 0.29) is 6.09 Å². The Kier molecular flexibility index (Phi) is 9.45. The van der Waals surface area contributed by atoms with Crippen molar-refractivity contribution in [2.45, 2.75) is 38.6 Å². The van der Waals surface area contributed by atoms with Gasteiger partial charge in [-0.3, -0.25) is 4.99 Å². The molecule has 2 rings (SSSR count). The van der Waals surface area contributed by atoms with E-state index in [1.54, 1.807) is 11.9 Å². The summed E-state index contributed by atoms with van der Waals surface area (Å²) in [5, 5.41) is 6.87. The predicted octanol–water partition coefficient (Wildman–Crippen LogP) is 2.69. The van der Waals surface area contributed by atoms with Gasteiger partial charge in [-0.2, -0.15) is 0 Å². The zero-order chi connectivity index (χ0) is 20.2. The van der Waals surface area contributed by atoms with E-state index in [1.807, 2.05) is 13.0 Å². The minimum absolute atomic E-state index is 0.205. The van der Waals surface area contributed by atoms with Gasteiger partial charge in [-0.15, -0.1) is 0 Å². The maximum atomic E-state index is 11.8. The number of piperidine rings is 1. The molecule has 1 fully saturated rings. The second kappa shape index (κ2) is 12.1. The van der Waals surface area contributed by atoms with Gasteiger partial charge in [-0.1, -0.05) is 18.2 Å². The van der Waals surface area contributed by atoms with Crippen molar-refractivity contribution in [2.75, 3.05) is 51.8 Å². The van der Waals surface area contributed by atoms with E-state index in [9.17, 15) is 4.79 Å². The number of carbonyl (C=O) groups is 1. The molecule has 0 radical (unpaired) electrons. The summed E-state index contributed by atoms with van der Waals surface area (Å²) in [5.74, 6) is 0.839. The number of guanidine groups is 1. The molecule has 0 atom stereocenters. The number of amides is 1. The fourth-order valence-corrected chi connectivity index (χ4v) is 3.30. The Morgan fingerprint density at radius 1 is 1.25 bits per heavy atom. The van der Waals surface area contributed by atoms with E-state index >= 15 is 0 Å². The van der Waals surface area contributed by atoms with Gasteiger partial charge in [0, 0.05) is 52.0 Å². The molecule has 1 aromatic carbocycles. The standard InChI is InChI=1S/C21H35N5O2/c1-4-28-21(27)26-16-12-18(13-17-26)24-20(22-2)23-14-8-9-15-25(3)19-10-6-5-7-11-19/h5-7,10-11,18H,4,8-9,12-17H2,1-3H3,(H2,22,23,24). The molecular weight excluding hydrogens is 354 g/mol. The number of aliphatic imine (C=N–C) groups is 1. The van der Waals surface area contributed by atoms with E-state index in [0.29, 0.717) is 12.6 Å². The quantitative estimate of drug-likeness (QED) is 0.406. The highest BCUT2D eigenvalue weighted by Gasteiger charge is 2.23. The van der Waals surface area contributed by atoms with Crippen molar-refractivity contribution < 1.29 is 9.53 Å². The van der Waals surface area contributed by atoms with Crippen molar-refractivity contribution in [1.82, 2.24) is 15.5 Å². The third-order valence-electron chi connectivity index (χ3n) is 5.00. The number of nitrogens with zero attached hydrogens (tertiary/aromatic N) is 3. The summed E-state index contributed by atoms with van der Waals surface area (Å²) in [6.45, 7) is 5.63. The second-order valence-electron chi connectivity index (χ2n) is 7.07. The van der Waals surface area contributed by atoms with Gasteiger partial charge in [0.25, 0.3) is 0 Å². The molecule has 7 heteroatoms. The van der Waals surface area contributed by atoms with Gasteiger partial charge in [0.2, 0.25) is 0 Å². The van der Waals surface area contributed by atoms with Crippen molar-refractivity contribution in [3.63, 3.8) is 0 Å². The Balaban J connectivity index is 1.60. The third-order valence-corrected chi connectivity index (χ3v) is 5.00. The van der Waals surface area contributed by atoms with Crippen LogP contribution in [0.5, 0.6) is 0 Å². The minimum atomic E-state index is -0.205. The Labute approximate surface area is 169 Å².